The van der Waals surface area contributed by atoms with E-state index in [1.165, 1.54) is 15.9 Å². The van der Waals surface area contributed by atoms with Gasteiger partial charge >= 0.3 is 12.2 Å². The van der Waals surface area contributed by atoms with Gasteiger partial charge < -0.3 is 9.47 Å². The molecule has 8 nitrogen and oxygen atoms in total. The average molecular weight is 597 g/mol. The van der Waals surface area contributed by atoms with Crippen molar-refractivity contribution in [3.8, 4) is 0 Å². The number of nitrogens with zero attached hydrogens (tertiary/aromatic N) is 2. The second kappa shape index (κ2) is 12.6. The Morgan fingerprint density at radius 2 is 0.955 bits per heavy atom. The number of carbonyl (C=O) groups is 4. The summed E-state index contributed by atoms with van der Waals surface area (Å²) in [6.45, 7) is 7.82. The van der Waals surface area contributed by atoms with Crippen LogP contribution in [0.2, 0.25) is 0 Å². The van der Waals surface area contributed by atoms with Crippen LogP contribution in [-0.4, -0.2) is 57.1 Å². The summed E-state index contributed by atoms with van der Waals surface area (Å²) in [6.07, 6.45) is 1.68. The van der Waals surface area contributed by atoms with Crippen molar-refractivity contribution in [2.24, 2.45) is 0 Å². The predicted molar refractivity (Wildman–Crippen MR) is 166 cm³/mol. The number of cyclic esters (lactones) is 2. The number of amides is 4. The second-order valence-electron chi connectivity index (χ2n) is 11.6. The van der Waals surface area contributed by atoms with Gasteiger partial charge in [-0.1, -0.05) is 94.4 Å². The van der Waals surface area contributed by atoms with Gasteiger partial charge in [-0.3, -0.25) is 9.59 Å². The van der Waals surface area contributed by atoms with Gasteiger partial charge in [0.05, 0.1) is 12.1 Å². The summed E-state index contributed by atoms with van der Waals surface area (Å²) < 4.78 is 11.8. The maximum Gasteiger partial charge on any atom is 0.417 e. The summed E-state index contributed by atoms with van der Waals surface area (Å²) in [7, 11) is 0. The Bertz CT molecular complexity index is 1400. The highest BCUT2D eigenvalue weighted by Crippen LogP contribution is 2.40. The first-order chi connectivity index (χ1) is 21.2. The van der Waals surface area contributed by atoms with Crippen LogP contribution in [0.1, 0.15) is 85.2 Å². The van der Waals surface area contributed by atoms with Gasteiger partial charge in [0.25, 0.3) is 11.8 Å². The normalized spacial score (nSPS) is 20.4. The van der Waals surface area contributed by atoms with Crippen LogP contribution in [0, 0.1) is 0 Å². The van der Waals surface area contributed by atoms with E-state index < -0.39 is 47.3 Å². The van der Waals surface area contributed by atoms with Gasteiger partial charge in [-0.2, -0.15) is 0 Å². The Morgan fingerprint density at radius 3 is 1.30 bits per heavy atom. The molecule has 0 aliphatic carbocycles. The number of rotatable bonds is 10. The molecule has 2 fully saturated rings. The predicted octanol–water partition coefficient (Wildman–Crippen LogP) is 7.21. The van der Waals surface area contributed by atoms with Gasteiger partial charge in [-0.25, -0.2) is 19.4 Å². The molecule has 0 spiro atoms. The minimum atomic E-state index is -0.830. The molecule has 3 aromatic rings. The topological polar surface area (TPSA) is 93.2 Å². The third-order valence-electron chi connectivity index (χ3n) is 9.54. The number of imide groups is 2. The Hall–Kier alpha value is -4.46. The minimum absolute atomic E-state index is 0.165. The first-order valence-electron chi connectivity index (χ1n) is 15.5. The molecule has 230 valence electrons. The Morgan fingerprint density at radius 1 is 0.591 bits per heavy atom. The molecule has 5 rings (SSSR count). The van der Waals surface area contributed by atoms with E-state index in [2.05, 4.69) is 0 Å². The molecule has 0 N–H and O–H groups in total. The van der Waals surface area contributed by atoms with Gasteiger partial charge in [0.15, 0.2) is 0 Å². The number of carbonyl (C=O) groups excluding carboxylic acids is 4. The molecule has 0 unspecified atom stereocenters. The first-order valence-corrected chi connectivity index (χ1v) is 15.5. The van der Waals surface area contributed by atoms with Crippen molar-refractivity contribution in [3.63, 3.8) is 0 Å². The van der Waals surface area contributed by atoms with E-state index in [9.17, 15) is 19.2 Å². The Kier molecular flexibility index (Phi) is 8.90. The number of hydrogen-bond acceptors (Lipinski definition) is 6. The lowest BCUT2D eigenvalue weighted by Crippen LogP contribution is -2.49. The van der Waals surface area contributed by atoms with E-state index >= 15 is 0 Å². The van der Waals surface area contributed by atoms with Gasteiger partial charge in [-0.15, -0.1) is 0 Å². The molecule has 8 heteroatoms. The lowest BCUT2D eigenvalue weighted by molar-refractivity contribution is 0.0262. The molecule has 0 saturated carbocycles. The highest BCUT2D eigenvalue weighted by atomic mass is 16.6. The zero-order valence-electron chi connectivity index (χ0n) is 25.8. The standard InChI is InChI=1S/C36H40N2O6/c1-5-35(6-2)29(22-25-16-11-9-12-17-25)37(33(41)43-35)31(39)27-20-15-21-28(24-27)32(40)38-30(23-26-18-13-10-14-19-26)36(7-3,8-4)44-34(38)42/h9-21,24,29-30H,5-8,22-23H2,1-4H3/t29-,30-/m0/s1. The molecular formula is C36H40N2O6. The van der Waals surface area contributed by atoms with Gasteiger partial charge in [-0.05, 0) is 67.9 Å². The molecule has 44 heavy (non-hydrogen) atoms. The molecule has 0 bridgehead atoms. The fourth-order valence-corrected chi connectivity index (χ4v) is 6.78. The average Bonchev–Trinajstić information content (AvgIpc) is 3.50. The second-order valence-corrected chi connectivity index (χ2v) is 11.6. The fourth-order valence-electron chi connectivity index (χ4n) is 6.78. The summed E-state index contributed by atoms with van der Waals surface area (Å²) in [4.78, 5) is 57.1. The quantitative estimate of drug-likeness (QED) is 0.246. The van der Waals surface area contributed by atoms with Crippen molar-refractivity contribution in [1.82, 2.24) is 9.80 Å². The van der Waals surface area contributed by atoms with E-state index in [0.717, 1.165) is 11.1 Å². The van der Waals surface area contributed by atoms with E-state index in [1.807, 2.05) is 88.4 Å². The molecular weight excluding hydrogens is 556 g/mol. The Labute approximate surface area is 258 Å². The molecule has 2 saturated heterocycles. The van der Waals surface area contributed by atoms with Crippen LogP contribution in [0.25, 0.3) is 0 Å². The number of benzene rings is 3. The van der Waals surface area contributed by atoms with E-state index in [1.54, 1.807) is 18.2 Å². The van der Waals surface area contributed by atoms with Crippen LogP contribution in [0.15, 0.2) is 84.9 Å². The van der Waals surface area contributed by atoms with Crippen molar-refractivity contribution >= 4 is 24.0 Å². The van der Waals surface area contributed by atoms with Crippen LogP contribution < -0.4 is 0 Å². The summed E-state index contributed by atoms with van der Waals surface area (Å²) in [5.41, 5.74) is 0.636. The third-order valence-corrected chi connectivity index (χ3v) is 9.54. The molecule has 0 aromatic heterocycles. The zero-order valence-corrected chi connectivity index (χ0v) is 25.8. The molecule has 2 atom stereocenters. The monoisotopic (exact) mass is 596 g/mol. The highest BCUT2D eigenvalue weighted by Gasteiger charge is 2.55. The van der Waals surface area contributed by atoms with E-state index in [-0.39, 0.29) is 11.1 Å². The van der Waals surface area contributed by atoms with E-state index in [4.69, 9.17) is 9.47 Å². The number of ether oxygens (including phenoxy) is 2. The maximum atomic E-state index is 14.0. The zero-order chi connectivity index (χ0) is 31.5. The third kappa shape index (κ3) is 5.49. The van der Waals surface area contributed by atoms with Crippen LogP contribution in [0.4, 0.5) is 9.59 Å². The minimum Gasteiger partial charge on any atom is -0.440 e. The molecule has 2 aliphatic heterocycles. The maximum absolute atomic E-state index is 14.0. The van der Waals surface area contributed by atoms with Crippen molar-refractivity contribution in [2.75, 3.05) is 0 Å². The van der Waals surface area contributed by atoms with Crippen molar-refractivity contribution in [2.45, 2.75) is 89.5 Å². The first kappa shape index (κ1) is 31.0. The number of hydrogen-bond donors (Lipinski definition) is 0. The smallest absolute Gasteiger partial charge is 0.417 e. The lowest BCUT2D eigenvalue weighted by atomic mass is 9.84. The summed E-state index contributed by atoms with van der Waals surface area (Å²) >= 11 is 0. The summed E-state index contributed by atoms with van der Waals surface area (Å²) in [5.74, 6) is -1.09. The Balaban J connectivity index is 1.47. The summed E-state index contributed by atoms with van der Waals surface area (Å²) in [5, 5.41) is 0. The van der Waals surface area contributed by atoms with Crippen LogP contribution >= 0.6 is 0 Å². The van der Waals surface area contributed by atoms with Crippen LogP contribution in [-0.2, 0) is 22.3 Å². The lowest BCUT2D eigenvalue weighted by Gasteiger charge is -2.33. The summed E-state index contributed by atoms with van der Waals surface area (Å²) in [6, 6.07) is 24.6. The molecule has 4 amide bonds. The SMILES string of the molecule is CCC1(CC)OC(=O)N(C(=O)c2cccc(C(=O)N3C(=O)OC(CC)(CC)[C@@H]3Cc3ccccc3)c2)[C@H]1Cc1ccccc1. The molecule has 2 heterocycles. The van der Waals surface area contributed by atoms with E-state index in [0.29, 0.717) is 38.5 Å². The molecule has 3 aromatic carbocycles. The largest absolute Gasteiger partial charge is 0.440 e. The van der Waals surface area contributed by atoms with Crippen molar-refractivity contribution in [3.05, 3.63) is 107 Å². The van der Waals surface area contributed by atoms with Gasteiger partial charge in [0.1, 0.15) is 11.2 Å². The molecule has 2 aliphatic rings. The van der Waals surface area contributed by atoms with Crippen LogP contribution in [0.5, 0.6) is 0 Å². The fraction of sp³-hybridized carbons (Fsp3) is 0.389. The van der Waals surface area contributed by atoms with Gasteiger partial charge in [0.2, 0.25) is 0 Å². The van der Waals surface area contributed by atoms with Crippen molar-refractivity contribution in [1.29, 1.82) is 0 Å². The highest BCUT2D eigenvalue weighted by molar-refractivity contribution is 6.08. The molecule has 0 radical (unpaired) electrons. The van der Waals surface area contributed by atoms with Gasteiger partial charge in [0, 0.05) is 11.1 Å². The van der Waals surface area contributed by atoms with Crippen LogP contribution in [0.3, 0.4) is 0 Å². The van der Waals surface area contributed by atoms with Crippen molar-refractivity contribution < 1.29 is 28.7 Å².